The Morgan fingerprint density at radius 1 is 1.47 bits per heavy atom. The van der Waals surface area contributed by atoms with E-state index in [4.69, 9.17) is 9.84 Å². The van der Waals surface area contributed by atoms with E-state index in [1.165, 1.54) is 7.11 Å². The molecule has 1 aromatic carbocycles. The van der Waals surface area contributed by atoms with Gasteiger partial charge in [0.25, 0.3) is 5.91 Å². The van der Waals surface area contributed by atoms with E-state index in [0.717, 1.165) is 0 Å². The van der Waals surface area contributed by atoms with Crippen LogP contribution in [-0.4, -0.2) is 30.1 Å². The number of hydrogen-bond acceptors (Lipinski definition) is 3. The van der Waals surface area contributed by atoms with Crippen LogP contribution in [0.2, 0.25) is 0 Å². The number of amides is 1. The summed E-state index contributed by atoms with van der Waals surface area (Å²) in [6.07, 6.45) is 0.420. The molecule has 0 saturated carbocycles. The minimum atomic E-state index is -0.872. The first kappa shape index (κ1) is 15.5. The molecule has 1 atom stereocenters. The zero-order valence-corrected chi connectivity index (χ0v) is 12.4. The lowest BCUT2D eigenvalue weighted by molar-refractivity contribution is -0.137. The van der Waals surface area contributed by atoms with E-state index in [-0.39, 0.29) is 18.4 Å². The van der Waals surface area contributed by atoms with Gasteiger partial charge in [0.2, 0.25) is 0 Å². The quantitative estimate of drug-likeness (QED) is 0.840. The molecule has 0 radical (unpaired) electrons. The summed E-state index contributed by atoms with van der Waals surface area (Å²) < 4.78 is 5.73. The monoisotopic (exact) mass is 329 g/mol. The predicted molar refractivity (Wildman–Crippen MR) is 74.5 cm³/mol. The molecule has 19 heavy (non-hydrogen) atoms. The smallest absolute Gasteiger partial charge is 0.303 e. The van der Waals surface area contributed by atoms with E-state index in [0.29, 0.717) is 22.2 Å². The Kier molecular flexibility index (Phi) is 5.82. The Balaban J connectivity index is 2.69. The summed E-state index contributed by atoms with van der Waals surface area (Å²) in [5.74, 6) is -0.543. The van der Waals surface area contributed by atoms with Crippen molar-refractivity contribution in [1.29, 1.82) is 0 Å². The van der Waals surface area contributed by atoms with Crippen LogP contribution in [0.1, 0.15) is 30.1 Å². The average Bonchev–Trinajstić information content (AvgIpc) is 2.36. The molecule has 0 heterocycles. The van der Waals surface area contributed by atoms with Gasteiger partial charge in [0.1, 0.15) is 5.75 Å². The van der Waals surface area contributed by atoms with Crippen molar-refractivity contribution in [2.24, 2.45) is 0 Å². The Hall–Kier alpha value is -1.56. The molecule has 1 unspecified atom stereocenters. The molecule has 0 fully saturated rings. The number of halogens is 1. The van der Waals surface area contributed by atoms with Crippen LogP contribution in [0.4, 0.5) is 0 Å². The first-order valence-corrected chi connectivity index (χ1v) is 6.59. The fourth-order valence-electron chi connectivity index (χ4n) is 1.52. The number of carbonyl (C=O) groups is 2. The van der Waals surface area contributed by atoms with Gasteiger partial charge >= 0.3 is 5.97 Å². The van der Waals surface area contributed by atoms with Gasteiger partial charge in [0.05, 0.1) is 12.7 Å². The summed E-state index contributed by atoms with van der Waals surface area (Å²) in [5, 5.41) is 11.3. The second-order valence-electron chi connectivity index (χ2n) is 4.15. The number of nitrogens with one attached hydrogen (secondary N) is 1. The van der Waals surface area contributed by atoms with Crippen molar-refractivity contribution in [3.8, 4) is 5.75 Å². The van der Waals surface area contributed by atoms with Gasteiger partial charge in [-0.15, -0.1) is 0 Å². The molecule has 0 aliphatic rings. The third-order valence-electron chi connectivity index (χ3n) is 2.59. The molecule has 0 bridgehead atoms. The molecular formula is C13H16BrNO4. The minimum Gasteiger partial charge on any atom is -0.497 e. The highest BCUT2D eigenvalue weighted by atomic mass is 79.9. The maximum absolute atomic E-state index is 12.0. The number of ether oxygens (including phenoxy) is 1. The molecule has 104 valence electrons. The van der Waals surface area contributed by atoms with Crippen LogP contribution >= 0.6 is 15.9 Å². The van der Waals surface area contributed by atoms with Gasteiger partial charge in [0, 0.05) is 16.9 Å². The summed E-state index contributed by atoms with van der Waals surface area (Å²) >= 11 is 3.30. The normalized spacial score (nSPS) is 11.7. The molecule has 0 aromatic heterocycles. The minimum absolute atomic E-state index is 0.0285. The van der Waals surface area contributed by atoms with Gasteiger partial charge in [-0.3, -0.25) is 9.59 Å². The maximum atomic E-state index is 12.0. The molecular weight excluding hydrogens is 314 g/mol. The van der Waals surface area contributed by atoms with Crippen LogP contribution in [-0.2, 0) is 4.79 Å². The van der Waals surface area contributed by atoms with Crippen LogP contribution in [0.25, 0.3) is 0 Å². The Labute approximate surface area is 120 Å². The van der Waals surface area contributed by atoms with Gasteiger partial charge < -0.3 is 15.2 Å². The molecule has 0 aliphatic carbocycles. The van der Waals surface area contributed by atoms with Gasteiger partial charge in [-0.25, -0.2) is 0 Å². The van der Waals surface area contributed by atoms with Crippen molar-refractivity contribution in [3.63, 3.8) is 0 Å². The van der Waals surface area contributed by atoms with Crippen LogP contribution in [0.15, 0.2) is 22.7 Å². The van der Waals surface area contributed by atoms with Crippen molar-refractivity contribution >= 4 is 27.8 Å². The van der Waals surface area contributed by atoms with Gasteiger partial charge in [-0.05, 0) is 47.5 Å². The third kappa shape index (κ3) is 4.90. The van der Waals surface area contributed by atoms with Gasteiger partial charge in [-0.1, -0.05) is 0 Å². The molecule has 6 heteroatoms. The first-order valence-electron chi connectivity index (χ1n) is 5.80. The SMILES string of the molecule is COc1ccc(Br)c(C(=O)NC(C)CCC(=O)O)c1. The molecule has 0 spiro atoms. The van der Waals surface area contributed by atoms with E-state index < -0.39 is 5.97 Å². The summed E-state index contributed by atoms with van der Waals surface area (Å²) in [6, 6.07) is 4.90. The van der Waals surface area contributed by atoms with E-state index in [9.17, 15) is 9.59 Å². The van der Waals surface area contributed by atoms with Crippen molar-refractivity contribution in [1.82, 2.24) is 5.32 Å². The van der Waals surface area contributed by atoms with Crippen molar-refractivity contribution in [3.05, 3.63) is 28.2 Å². The highest BCUT2D eigenvalue weighted by Gasteiger charge is 2.14. The van der Waals surface area contributed by atoms with Crippen molar-refractivity contribution < 1.29 is 19.4 Å². The molecule has 1 aromatic rings. The Bertz CT molecular complexity index is 476. The van der Waals surface area contributed by atoms with Crippen molar-refractivity contribution in [2.45, 2.75) is 25.8 Å². The fourth-order valence-corrected chi connectivity index (χ4v) is 1.95. The highest BCUT2D eigenvalue weighted by molar-refractivity contribution is 9.10. The standard InChI is InChI=1S/C13H16BrNO4/c1-8(3-6-12(16)17)15-13(18)10-7-9(19-2)4-5-11(10)14/h4-5,7-8H,3,6H2,1-2H3,(H,15,18)(H,16,17). The molecule has 1 amide bonds. The molecule has 0 aliphatic heterocycles. The van der Waals surface area contributed by atoms with E-state index in [2.05, 4.69) is 21.2 Å². The Morgan fingerprint density at radius 3 is 2.74 bits per heavy atom. The summed E-state index contributed by atoms with van der Waals surface area (Å²) in [5.41, 5.74) is 0.460. The van der Waals surface area contributed by atoms with Crippen LogP contribution in [0.3, 0.4) is 0 Å². The number of carboxylic acids is 1. The number of carboxylic acid groups (broad SMARTS) is 1. The predicted octanol–water partition coefficient (Wildman–Crippen LogP) is 2.44. The fraction of sp³-hybridized carbons (Fsp3) is 0.385. The van der Waals surface area contributed by atoms with Crippen LogP contribution in [0, 0.1) is 0 Å². The number of benzene rings is 1. The highest BCUT2D eigenvalue weighted by Crippen LogP contribution is 2.22. The number of methoxy groups -OCH3 is 1. The topological polar surface area (TPSA) is 75.6 Å². The van der Waals surface area contributed by atoms with Crippen LogP contribution < -0.4 is 10.1 Å². The zero-order chi connectivity index (χ0) is 14.4. The summed E-state index contributed by atoms with van der Waals surface area (Å²) in [7, 11) is 1.53. The lowest BCUT2D eigenvalue weighted by Crippen LogP contribution is -2.33. The second-order valence-corrected chi connectivity index (χ2v) is 5.01. The number of carbonyl (C=O) groups excluding carboxylic acids is 1. The summed E-state index contributed by atoms with van der Waals surface area (Å²) in [4.78, 5) is 22.5. The van der Waals surface area contributed by atoms with Crippen molar-refractivity contribution in [2.75, 3.05) is 7.11 Å². The van der Waals surface area contributed by atoms with Crippen LogP contribution in [0.5, 0.6) is 5.75 Å². The maximum Gasteiger partial charge on any atom is 0.303 e. The molecule has 2 N–H and O–H groups in total. The zero-order valence-electron chi connectivity index (χ0n) is 10.8. The largest absolute Gasteiger partial charge is 0.497 e. The molecule has 5 nitrogen and oxygen atoms in total. The molecule has 1 rings (SSSR count). The van der Waals surface area contributed by atoms with E-state index in [1.807, 2.05) is 0 Å². The number of hydrogen-bond donors (Lipinski definition) is 2. The Morgan fingerprint density at radius 2 is 2.16 bits per heavy atom. The van der Waals surface area contributed by atoms with Gasteiger partial charge in [0.15, 0.2) is 0 Å². The van der Waals surface area contributed by atoms with E-state index in [1.54, 1.807) is 25.1 Å². The lowest BCUT2D eigenvalue weighted by atomic mass is 10.1. The summed E-state index contributed by atoms with van der Waals surface area (Å²) in [6.45, 7) is 1.77. The third-order valence-corrected chi connectivity index (χ3v) is 3.28. The van der Waals surface area contributed by atoms with E-state index >= 15 is 0 Å². The number of rotatable bonds is 6. The second kappa shape index (κ2) is 7.13. The lowest BCUT2D eigenvalue weighted by Gasteiger charge is -2.14. The molecule has 0 saturated heterocycles. The average molecular weight is 330 g/mol. The first-order chi connectivity index (χ1) is 8.93. The number of aliphatic carboxylic acids is 1. The van der Waals surface area contributed by atoms with Gasteiger partial charge in [-0.2, -0.15) is 0 Å².